The largest absolute Gasteiger partial charge is 0.331 e. The number of rotatable bonds is 3. The lowest BCUT2D eigenvalue weighted by Gasteiger charge is -2.14. The number of nitrogens with one attached hydrogen (secondary N) is 2. The fourth-order valence-electron chi connectivity index (χ4n) is 2.40. The molecule has 5 nitrogen and oxygen atoms in total. The van der Waals surface area contributed by atoms with Gasteiger partial charge >= 0.3 is 6.03 Å². The second-order valence-corrected chi connectivity index (χ2v) is 6.22. The van der Waals surface area contributed by atoms with Crippen LogP contribution in [0.5, 0.6) is 0 Å². The first-order valence-electron chi connectivity index (χ1n) is 6.50. The highest BCUT2D eigenvalue weighted by Gasteiger charge is 2.24. The molecule has 2 aromatic rings. The molecule has 0 bridgehead atoms. The van der Waals surface area contributed by atoms with Gasteiger partial charge < -0.3 is 5.32 Å². The minimum atomic E-state index is -2.69. The average Bonchev–Trinajstić information content (AvgIpc) is 3.06. The van der Waals surface area contributed by atoms with Crippen LogP contribution in [0.3, 0.4) is 0 Å². The monoisotopic (exact) mass is 344 g/mol. The molecule has 1 aromatic heterocycles. The highest BCUT2D eigenvalue weighted by molar-refractivity contribution is 7.15. The molecule has 1 atom stereocenters. The first kappa shape index (κ1) is 15.1. The van der Waals surface area contributed by atoms with Crippen LogP contribution in [0.1, 0.15) is 35.0 Å². The summed E-state index contributed by atoms with van der Waals surface area (Å²) in [5.74, 6) is 0. The van der Waals surface area contributed by atoms with Gasteiger partial charge in [0.2, 0.25) is 5.13 Å². The Morgan fingerprint density at radius 1 is 1.41 bits per heavy atom. The fraction of sp³-hybridized carbons (Fsp3) is 0.308. The molecular formula is C13H11ClF2N4OS. The molecule has 0 aliphatic heterocycles. The van der Waals surface area contributed by atoms with Gasteiger partial charge in [-0.15, -0.1) is 10.2 Å². The molecule has 1 aromatic carbocycles. The molecule has 116 valence electrons. The van der Waals surface area contributed by atoms with Gasteiger partial charge in [-0.05, 0) is 36.1 Å². The number of carbonyl (C=O) groups excluding carboxylic acids is 1. The Balaban J connectivity index is 1.63. The number of halogens is 3. The van der Waals surface area contributed by atoms with E-state index in [1.807, 2.05) is 12.1 Å². The number of carbonyl (C=O) groups is 1. The van der Waals surface area contributed by atoms with Crippen LogP contribution in [0.2, 0.25) is 5.02 Å². The van der Waals surface area contributed by atoms with E-state index in [1.54, 1.807) is 6.07 Å². The van der Waals surface area contributed by atoms with E-state index < -0.39 is 17.5 Å². The normalized spacial score (nSPS) is 16.6. The van der Waals surface area contributed by atoms with Gasteiger partial charge in [-0.2, -0.15) is 0 Å². The van der Waals surface area contributed by atoms with Crippen LogP contribution < -0.4 is 10.6 Å². The Morgan fingerprint density at radius 3 is 2.95 bits per heavy atom. The minimum absolute atomic E-state index is 0.0436. The summed E-state index contributed by atoms with van der Waals surface area (Å²) >= 11 is 6.59. The number of fused-ring (bicyclic) bond motifs is 1. The van der Waals surface area contributed by atoms with Crippen LogP contribution in [-0.2, 0) is 6.42 Å². The number of hydrogen-bond donors (Lipinski definition) is 2. The van der Waals surface area contributed by atoms with Gasteiger partial charge in [-0.3, -0.25) is 5.32 Å². The van der Waals surface area contributed by atoms with Gasteiger partial charge in [0.15, 0.2) is 5.01 Å². The van der Waals surface area contributed by atoms with E-state index in [4.69, 9.17) is 11.6 Å². The summed E-state index contributed by atoms with van der Waals surface area (Å²) in [5.41, 5.74) is 2.12. The molecule has 0 saturated carbocycles. The number of hydrogen-bond acceptors (Lipinski definition) is 4. The predicted octanol–water partition coefficient (Wildman–Crippen LogP) is 3.94. The molecule has 1 aliphatic rings. The molecular weight excluding hydrogens is 334 g/mol. The summed E-state index contributed by atoms with van der Waals surface area (Å²) in [4.78, 5) is 11.9. The summed E-state index contributed by atoms with van der Waals surface area (Å²) in [6.45, 7) is 0. The van der Waals surface area contributed by atoms with Crippen molar-refractivity contribution in [1.82, 2.24) is 15.5 Å². The van der Waals surface area contributed by atoms with Crippen molar-refractivity contribution >= 4 is 34.1 Å². The van der Waals surface area contributed by atoms with Crippen LogP contribution in [-0.4, -0.2) is 16.2 Å². The van der Waals surface area contributed by atoms with Crippen molar-refractivity contribution in [2.75, 3.05) is 5.32 Å². The Hall–Kier alpha value is -1.80. The number of aryl methyl sites for hydroxylation is 1. The smallest absolute Gasteiger partial charge is 0.321 e. The maximum atomic E-state index is 12.4. The number of nitrogens with zero attached hydrogens (tertiary/aromatic N) is 2. The van der Waals surface area contributed by atoms with Gasteiger partial charge in [0.05, 0.1) is 6.04 Å². The molecule has 1 unspecified atom stereocenters. The molecule has 1 heterocycles. The van der Waals surface area contributed by atoms with Crippen molar-refractivity contribution in [2.45, 2.75) is 25.3 Å². The summed E-state index contributed by atoms with van der Waals surface area (Å²) in [6.07, 6.45) is -1.10. The third-order valence-corrected chi connectivity index (χ3v) is 4.42. The van der Waals surface area contributed by atoms with Crippen LogP contribution >= 0.6 is 22.9 Å². The number of benzene rings is 1. The maximum Gasteiger partial charge on any atom is 0.321 e. The minimum Gasteiger partial charge on any atom is -0.331 e. The molecule has 2 amide bonds. The average molecular weight is 345 g/mol. The molecule has 0 saturated heterocycles. The zero-order valence-corrected chi connectivity index (χ0v) is 12.7. The lowest BCUT2D eigenvalue weighted by Crippen LogP contribution is -2.31. The second-order valence-electron chi connectivity index (χ2n) is 4.78. The van der Waals surface area contributed by atoms with Crippen LogP contribution in [0, 0.1) is 0 Å². The van der Waals surface area contributed by atoms with Crippen LogP contribution in [0.15, 0.2) is 18.2 Å². The third-order valence-electron chi connectivity index (χ3n) is 3.34. The number of alkyl halides is 2. The lowest BCUT2D eigenvalue weighted by molar-refractivity contribution is 0.150. The molecule has 22 heavy (non-hydrogen) atoms. The highest BCUT2D eigenvalue weighted by atomic mass is 35.5. The molecule has 0 radical (unpaired) electrons. The third kappa shape index (κ3) is 3.17. The first-order valence-corrected chi connectivity index (χ1v) is 7.70. The molecule has 3 rings (SSSR count). The molecule has 0 fully saturated rings. The van der Waals surface area contributed by atoms with E-state index in [0.29, 0.717) is 16.4 Å². The summed E-state index contributed by atoms with van der Waals surface area (Å²) < 4.78 is 24.8. The van der Waals surface area contributed by atoms with Gasteiger partial charge in [0.1, 0.15) is 0 Å². The molecule has 2 N–H and O–H groups in total. The van der Waals surface area contributed by atoms with Crippen molar-refractivity contribution in [2.24, 2.45) is 0 Å². The van der Waals surface area contributed by atoms with E-state index in [-0.39, 0.29) is 11.2 Å². The van der Waals surface area contributed by atoms with Crippen molar-refractivity contribution in [1.29, 1.82) is 0 Å². The van der Waals surface area contributed by atoms with E-state index in [9.17, 15) is 13.6 Å². The molecule has 9 heteroatoms. The Bertz CT molecular complexity index is 709. The van der Waals surface area contributed by atoms with Gasteiger partial charge in [-0.25, -0.2) is 13.6 Å². The van der Waals surface area contributed by atoms with E-state index in [2.05, 4.69) is 20.8 Å². The zero-order valence-electron chi connectivity index (χ0n) is 11.1. The van der Waals surface area contributed by atoms with Gasteiger partial charge in [0, 0.05) is 5.02 Å². The number of amides is 2. The Kier molecular flexibility index (Phi) is 4.21. The van der Waals surface area contributed by atoms with Crippen molar-refractivity contribution in [3.8, 4) is 0 Å². The standard InChI is InChI=1S/C13H11ClF2N4OS/c14-7-2-3-8-6(5-7)1-4-9(8)17-12(21)18-13-20-19-11(22-13)10(15)16/h2-3,5,9-10H,1,4H2,(H2,17,18,20,21). The number of urea groups is 1. The summed E-state index contributed by atoms with van der Waals surface area (Å²) in [5, 5.41) is 12.3. The van der Waals surface area contributed by atoms with E-state index in [0.717, 1.165) is 24.0 Å². The highest BCUT2D eigenvalue weighted by Crippen LogP contribution is 2.33. The quantitative estimate of drug-likeness (QED) is 0.886. The van der Waals surface area contributed by atoms with Gasteiger partial charge in [0.25, 0.3) is 6.43 Å². The van der Waals surface area contributed by atoms with Crippen LogP contribution in [0.4, 0.5) is 18.7 Å². The molecule has 0 spiro atoms. The van der Waals surface area contributed by atoms with E-state index in [1.165, 1.54) is 0 Å². The SMILES string of the molecule is O=C(Nc1nnc(C(F)F)s1)NC1CCc2cc(Cl)ccc21. The Labute approximate surface area is 133 Å². The number of anilines is 1. The lowest BCUT2D eigenvalue weighted by atomic mass is 10.1. The Morgan fingerprint density at radius 2 is 2.23 bits per heavy atom. The fourth-order valence-corrected chi connectivity index (χ4v) is 3.19. The first-order chi connectivity index (χ1) is 10.5. The summed E-state index contributed by atoms with van der Waals surface area (Å²) in [7, 11) is 0. The van der Waals surface area contributed by atoms with Crippen molar-refractivity contribution in [3.63, 3.8) is 0 Å². The second kappa shape index (κ2) is 6.13. The topological polar surface area (TPSA) is 66.9 Å². The van der Waals surface area contributed by atoms with E-state index >= 15 is 0 Å². The van der Waals surface area contributed by atoms with Gasteiger partial charge in [-0.1, -0.05) is 29.0 Å². The van der Waals surface area contributed by atoms with Crippen molar-refractivity contribution in [3.05, 3.63) is 39.4 Å². The number of aromatic nitrogens is 2. The van der Waals surface area contributed by atoms with Crippen molar-refractivity contribution < 1.29 is 13.6 Å². The zero-order chi connectivity index (χ0) is 15.7. The maximum absolute atomic E-state index is 12.4. The summed E-state index contributed by atoms with van der Waals surface area (Å²) in [6, 6.07) is 4.92. The molecule has 1 aliphatic carbocycles. The predicted molar refractivity (Wildman–Crippen MR) is 79.5 cm³/mol. The van der Waals surface area contributed by atoms with Crippen LogP contribution in [0.25, 0.3) is 0 Å².